The van der Waals surface area contributed by atoms with Gasteiger partial charge >= 0.3 is 0 Å². The highest BCUT2D eigenvalue weighted by molar-refractivity contribution is 7.89. The second-order valence-electron chi connectivity index (χ2n) is 5.45. The lowest BCUT2D eigenvalue weighted by molar-refractivity contribution is 0.414. The Morgan fingerprint density at radius 2 is 1.96 bits per heavy atom. The van der Waals surface area contributed by atoms with Gasteiger partial charge in [0.2, 0.25) is 5.95 Å². The summed E-state index contributed by atoms with van der Waals surface area (Å²) in [5, 5.41) is 7.20. The average Bonchev–Trinajstić information content (AvgIpc) is 3.13. The van der Waals surface area contributed by atoms with Gasteiger partial charge in [-0.25, -0.2) is 8.42 Å². The number of ether oxygens (including phenoxy) is 1. The summed E-state index contributed by atoms with van der Waals surface area (Å²) in [6.45, 7) is 1.96. The molecule has 0 aliphatic heterocycles. The summed E-state index contributed by atoms with van der Waals surface area (Å²) in [5.41, 5.74) is 1.60. The second kappa shape index (κ2) is 7.52. The van der Waals surface area contributed by atoms with Crippen molar-refractivity contribution in [2.45, 2.75) is 13.5 Å². The number of nitrogens with one attached hydrogen (secondary N) is 1. The number of anilines is 1. The fraction of sp³-hybridized carbons (Fsp3) is 0.235. The summed E-state index contributed by atoms with van der Waals surface area (Å²) in [6, 6.07) is 11.0. The molecule has 26 heavy (non-hydrogen) atoms. The van der Waals surface area contributed by atoms with Gasteiger partial charge in [0, 0.05) is 24.5 Å². The summed E-state index contributed by atoms with van der Waals surface area (Å²) >= 11 is 0. The molecule has 3 aromatic rings. The van der Waals surface area contributed by atoms with Crippen LogP contribution in [0.5, 0.6) is 5.75 Å². The molecule has 0 unspecified atom stereocenters. The maximum absolute atomic E-state index is 12.3. The first-order valence-electron chi connectivity index (χ1n) is 8.01. The van der Waals surface area contributed by atoms with E-state index in [1.165, 1.54) is 0 Å². The number of hydrogen-bond acceptors (Lipinski definition) is 7. The van der Waals surface area contributed by atoms with Crippen LogP contribution in [0.4, 0.5) is 5.95 Å². The third kappa shape index (κ3) is 3.83. The lowest BCUT2D eigenvalue weighted by Gasteiger charge is -2.08. The largest absolute Gasteiger partial charge is 0.497 e. The maximum atomic E-state index is 12.3. The van der Waals surface area contributed by atoms with Gasteiger partial charge < -0.3 is 10.1 Å². The Labute approximate surface area is 151 Å². The van der Waals surface area contributed by atoms with E-state index in [2.05, 4.69) is 20.4 Å². The van der Waals surface area contributed by atoms with Crippen molar-refractivity contribution in [2.24, 2.45) is 0 Å². The van der Waals surface area contributed by atoms with E-state index in [0.29, 0.717) is 17.9 Å². The topological polar surface area (TPSA) is 99.0 Å². The molecule has 3 rings (SSSR count). The van der Waals surface area contributed by atoms with Crippen LogP contribution in [-0.2, 0) is 16.6 Å². The monoisotopic (exact) mass is 373 g/mol. The normalized spacial score (nSPS) is 11.3. The van der Waals surface area contributed by atoms with E-state index in [4.69, 9.17) is 4.74 Å². The third-order valence-electron chi connectivity index (χ3n) is 3.74. The van der Waals surface area contributed by atoms with Crippen molar-refractivity contribution < 1.29 is 13.2 Å². The van der Waals surface area contributed by atoms with Gasteiger partial charge in [0.1, 0.15) is 5.75 Å². The predicted molar refractivity (Wildman–Crippen MR) is 98.4 cm³/mol. The summed E-state index contributed by atoms with van der Waals surface area (Å²) in [5.74, 6) is 1.14. The number of methoxy groups -OCH3 is 1. The van der Waals surface area contributed by atoms with Gasteiger partial charge in [0.05, 0.1) is 12.9 Å². The molecule has 8 nitrogen and oxygen atoms in total. The van der Waals surface area contributed by atoms with Crippen molar-refractivity contribution in [1.29, 1.82) is 0 Å². The van der Waals surface area contributed by atoms with E-state index >= 15 is 0 Å². The molecule has 0 bridgehead atoms. The fourth-order valence-electron chi connectivity index (χ4n) is 2.26. The average molecular weight is 373 g/mol. The fourth-order valence-corrected chi connectivity index (χ4v) is 3.08. The second-order valence-corrected chi connectivity index (χ2v) is 7.53. The minimum Gasteiger partial charge on any atom is -0.497 e. The van der Waals surface area contributed by atoms with Gasteiger partial charge in [-0.1, -0.05) is 12.1 Å². The molecule has 0 aliphatic rings. The summed E-state index contributed by atoms with van der Waals surface area (Å²) in [4.78, 5) is 8.36. The van der Waals surface area contributed by atoms with E-state index in [1.807, 2.05) is 24.3 Å². The smallest absolute Gasteiger partial charge is 0.256 e. The lowest BCUT2D eigenvalue weighted by Crippen LogP contribution is -2.19. The number of nitrogens with zero attached hydrogens (tertiary/aromatic N) is 4. The number of pyridine rings is 1. The van der Waals surface area contributed by atoms with Gasteiger partial charge in [0.15, 0.2) is 5.82 Å². The van der Waals surface area contributed by atoms with Gasteiger partial charge in [0.25, 0.3) is 10.0 Å². The molecule has 0 aliphatic carbocycles. The van der Waals surface area contributed by atoms with Crippen LogP contribution in [0.25, 0.3) is 11.4 Å². The minimum absolute atomic E-state index is 0.0833. The van der Waals surface area contributed by atoms with E-state index in [-0.39, 0.29) is 11.7 Å². The van der Waals surface area contributed by atoms with Crippen LogP contribution in [-0.4, -0.2) is 40.4 Å². The molecule has 1 aromatic carbocycles. The van der Waals surface area contributed by atoms with E-state index in [0.717, 1.165) is 15.4 Å². The molecule has 0 radical (unpaired) electrons. The van der Waals surface area contributed by atoms with Crippen LogP contribution in [0.3, 0.4) is 0 Å². The van der Waals surface area contributed by atoms with Crippen molar-refractivity contribution in [1.82, 2.24) is 19.2 Å². The highest BCUT2D eigenvalue weighted by Gasteiger charge is 2.20. The Hall–Kier alpha value is -2.94. The van der Waals surface area contributed by atoms with Gasteiger partial charge in [-0.15, -0.1) is 9.19 Å². The molecule has 136 valence electrons. The summed E-state index contributed by atoms with van der Waals surface area (Å²) < 4.78 is 30.8. The molecule has 2 heterocycles. The summed E-state index contributed by atoms with van der Waals surface area (Å²) in [7, 11) is -1.99. The Kier molecular flexibility index (Phi) is 5.17. The van der Waals surface area contributed by atoms with Gasteiger partial charge in [-0.05, 0) is 36.8 Å². The van der Waals surface area contributed by atoms with Crippen molar-refractivity contribution >= 4 is 16.0 Å². The number of hydrogen-bond donors (Lipinski definition) is 1. The minimum atomic E-state index is -3.59. The first-order valence-corrected chi connectivity index (χ1v) is 9.62. The molecule has 1 N–H and O–H groups in total. The zero-order valence-corrected chi connectivity index (χ0v) is 15.3. The zero-order chi connectivity index (χ0) is 18.6. The number of aromatic nitrogens is 4. The van der Waals surface area contributed by atoms with E-state index < -0.39 is 10.0 Å². The van der Waals surface area contributed by atoms with Crippen molar-refractivity contribution in [3.63, 3.8) is 0 Å². The quantitative estimate of drug-likeness (QED) is 0.677. The van der Waals surface area contributed by atoms with Gasteiger partial charge in [-0.3, -0.25) is 4.98 Å². The van der Waals surface area contributed by atoms with Gasteiger partial charge in [-0.2, -0.15) is 4.98 Å². The lowest BCUT2D eigenvalue weighted by atomic mass is 10.2. The summed E-state index contributed by atoms with van der Waals surface area (Å²) in [6.07, 6.45) is 3.22. The first kappa shape index (κ1) is 17.9. The molecule has 0 spiro atoms. The van der Waals surface area contributed by atoms with Crippen LogP contribution in [0.15, 0.2) is 48.8 Å². The molecule has 0 atom stereocenters. The Morgan fingerprint density at radius 3 is 2.58 bits per heavy atom. The van der Waals surface area contributed by atoms with E-state index in [1.54, 1.807) is 38.6 Å². The van der Waals surface area contributed by atoms with Crippen molar-refractivity contribution in [3.05, 3.63) is 54.4 Å². The number of rotatable bonds is 7. The Balaban J connectivity index is 1.90. The molecule has 0 saturated heterocycles. The number of benzene rings is 1. The third-order valence-corrected chi connectivity index (χ3v) is 5.25. The van der Waals surface area contributed by atoms with Crippen LogP contribution < -0.4 is 10.1 Å². The molecule has 0 fully saturated rings. The molecule has 0 saturated carbocycles. The standard InChI is InChI=1S/C17H19N5O3S/c1-3-26(23,24)22-17(19-11-13-6-8-15(25-2)9-7-13)20-16(21-22)14-5-4-10-18-12-14/h4-10,12H,3,11H2,1-2H3,(H,19,20,21). The van der Waals surface area contributed by atoms with E-state index in [9.17, 15) is 8.42 Å². The zero-order valence-electron chi connectivity index (χ0n) is 14.5. The van der Waals surface area contributed by atoms with Crippen LogP contribution in [0.1, 0.15) is 12.5 Å². The molecule has 9 heteroatoms. The maximum Gasteiger partial charge on any atom is 0.256 e. The van der Waals surface area contributed by atoms with Crippen molar-refractivity contribution in [3.8, 4) is 17.1 Å². The molecule has 2 aromatic heterocycles. The SMILES string of the molecule is CCS(=O)(=O)n1nc(-c2cccnc2)nc1NCc1ccc(OC)cc1. The predicted octanol–water partition coefficient (Wildman–Crippen LogP) is 2.16. The van der Waals surface area contributed by atoms with Crippen LogP contribution in [0, 0.1) is 0 Å². The molecular weight excluding hydrogens is 354 g/mol. The highest BCUT2D eigenvalue weighted by atomic mass is 32.2. The van der Waals surface area contributed by atoms with Crippen LogP contribution >= 0.6 is 0 Å². The molecule has 0 amide bonds. The van der Waals surface area contributed by atoms with Crippen LogP contribution in [0.2, 0.25) is 0 Å². The first-order chi connectivity index (χ1) is 12.5. The van der Waals surface area contributed by atoms with Crippen molar-refractivity contribution in [2.75, 3.05) is 18.2 Å². The molecular formula is C17H19N5O3S. The highest BCUT2D eigenvalue weighted by Crippen LogP contribution is 2.19. The Morgan fingerprint density at radius 1 is 1.19 bits per heavy atom. The Bertz CT molecular complexity index is 969.